The molecule has 1 amide bonds. The van der Waals surface area contributed by atoms with E-state index >= 15 is 0 Å². The van der Waals surface area contributed by atoms with Gasteiger partial charge in [0.2, 0.25) is 0 Å². The Morgan fingerprint density at radius 2 is 1.76 bits per heavy atom. The summed E-state index contributed by atoms with van der Waals surface area (Å²) in [5.74, 6) is 0.782. The summed E-state index contributed by atoms with van der Waals surface area (Å²) in [6, 6.07) is 14.4. The van der Waals surface area contributed by atoms with Crippen molar-refractivity contribution in [2.24, 2.45) is 0 Å². The van der Waals surface area contributed by atoms with Crippen molar-refractivity contribution in [3.05, 3.63) is 64.7 Å². The minimum absolute atomic E-state index is 0.0381. The maximum atomic E-state index is 12.5. The predicted molar refractivity (Wildman–Crippen MR) is 101 cm³/mol. The van der Waals surface area contributed by atoms with Gasteiger partial charge in [0.15, 0.2) is 6.10 Å². The number of rotatable bonds is 5. The highest BCUT2D eigenvalue weighted by molar-refractivity contribution is 5.81. The first-order valence-corrected chi connectivity index (χ1v) is 9.19. The van der Waals surface area contributed by atoms with Crippen molar-refractivity contribution in [3.63, 3.8) is 0 Å². The molecule has 0 aromatic heterocycles. The number of nitrogens with one attached hydrogen (secondary N) is 1. The van der Waals surface area contributed by atoms with Crippen LogP contribution < -0.4 is 10.1 Å². The second-order valence-electron chi connectivity index (χ2n) is 7.00. The lowest BCUT2D eigenvalue weighted by molar-refractivity contribution is -0.127. The van der Waals surface area contributed by atoms with E-state index in [0.717, 1.165) is 24.2 Å². The Morgan fingerprint density at radius 1 is 1.04 bits per heavy atom. The van der Waals surface area contributed by atoms with Gasteiger partial charge in [-0.25, -0.2) is 0 Å². The molecule has 0 saturated heterocycles. The largest absolute Gasteiger partial charge is 0.481 e. The summed E-state index contributed by atoms with van der Waals surface area (Å²) >= 11 is 0. The highest BCUT2D eigenvalue weighted by Crippen LogP contribution is 2.30. The van der Waals surface area contributed by atoms with Crippen molar-refractivity contribution < 1.29 is 9.53 Å². The quantitative estimate of drug-likeness (QED) is 0.871. The molecule has 0 bridgehead atoms. The van der Waals surface area contributed by atoms with Gasteiger partial charge in [-0.15, -0.1) is 0 Å². The number of fused-ring (bicyclic) bond motifs is 1. The van der Waals surface area contributed by atoms with E-state index in [1.54, 1.807) is 0 Å². The standard InChI is InChI=1S/C22H27NO2/c1-15-11-13-18(14-12-15)16(2)23-22(24)17(3)25-21-10-6-8-19-7-4-5-9-20(19)21/h6,8,10-14,16-17H,4-5,7,9H2,1-3H3,(H,23,24). The van der Waals surface area contributed by atoms with Crippen LogP contribution in [0, 0.1) is 6.92 Å². The van der Waals surface area contributed by atoms with E-state index in [1.807, 2.05) is 26.0 Å². The van der Waals surface area contributed by atoms with Crippen LogP contribution in [0.3, 0.4) is 0 Å². The first kappa shape index (κ1) is 17.5. The Kier molecular flexibility index (Phi) is 5.42. The minimum Gasteiger partial charge on any atom is -0.481 e. The number of carbonyl (C=O) groups is 1. The van der Waals surface area contributed by atoms with E-state index in [4.69, 9.17) is 4.74 Å². The van der Waals surface area contributed by atoms with Gasteiger partial charge in [-0.1, -0.05) is 42.0 Å². The zero-order valence-corrected chi connectivity index (χ0v) is 15.3. The number of carbonyl (C=O) groups excluding carboxylic acids is 1. The minimum atomic E-state index is -0.513. The fraction of sp³-hybridized carbons (Fsp3) is 0.409. The van der Waals surface area contributed by atoms with Gasteiger partial charge < -0.3 is 10.1 Å². The summed E-state index contributed by atoms with van der Waals surface area (Å²) in [6.45, 7) is 5.88. The molecule has 1 aliphatic rings. The lowest BCUT2D eigenvalue weighted by atomic mass is 9.91. The first-order valence-electron chi connectivity index (χ1n) is 9.19. The number of hydrogen-bond acceptors (Lipinski definition) is 2. The molecule has 0 aliphatic heterocycles. The summed E-state index contributed by atoms with van der Waals surface area (Å²) in [7, 11) is 0. The molecule has 132 valence electrons. The van der Waals surface area contributed by atoms with Crippen LogP contribution in [0.15, 0.2) is 42.5 Å². The summed E-state index contributed by atoms with van der Waals surface area (Å²) in [4.78, 5) is 12.5. The highest BCUT2D eigenvalue weighted by atomic mass is 16.5. The summed E-state index contributed by atoms with van der Waals surface area (Å²) < 4.78 is 6.02. The molecule has 1 N–H and O–H groups in total. The SMILES string of the molecule is Cc1ccc(C(C)NC(=O)C(C)Oc2cccc3c2CCCC3)cc1. The van der Waals surface area contributed by atoms with E-state index < -0.39 is 6.10 Å². The van der Waals surface area contributed by atoms with Crippen LogP contribution in [0.25, 0.3) is 0 Å². The van der Waals surface area contributed by atoms with Gasteiger partial charge in [0.1, 0.15) is 5.75 Å². The maximum Gasteiger partial charge on any atom is 0.261 e. The number of hydrogen-bond donors (Lipinski definition) is 1. The number of benzene rings is 2. The molecular formula is C22H27NO2. The second kappa shape index (κ2) is 7.73. The van der Waals surface area contributed by atoms with Gasteiger partial charge in [-0.3, -0.25) is 4.79 Å². The third-order valence-electron chi connectivity index (χ3n) is 4.96. The van der Waals surface area contributed by atoms with Gasteiger partial charge in [0.05, 0.1) is 6.04 Å². The normalized spacial score (nSPS) is 15.8. The Bertz CT molecular complexity index is 736. The topological polar surface area (TPSA) is 38.3 Å². The van der Waals surface area contributed by atoms with Crippen molar-refractivity contribution in [1.29, 1.82) is 0 Å². The molecule has 0 heterocycles. The fourth-order valence-corrected chi connectivity index (χ4v) is 3.37. The molecule has 0 fully saturated rings. The number of aryl methyl sites for hydroxylation is 2. The molecule has 2 aromatic carbocycles. The van der Waals surface area contributed by atoms with Gasteiger partial charge in [0.25, 0.3) is 5.91 Å². The van der Waals surface area contributed by atoms with Crippen molar-refractivity contribution in [3.8, 4) is 5.75 Å². The lowest BCUT2D eigenvalue weighted by Crippen LogP contribution is -2.38. The fourth-order valence-electron chi connectivity index (χ4n) is 3.37. The molecule has 0 saturated carbocycles. The molecule has 2 aromatic rings. The summed E-state index contributed by atoms with van der Waals surface area (Å²) in [5.41, 5.74) is 4.96. The monoisotopic (exact) mass is 337 g/mol. The zero-order chi connectivity index (χ0) is 17.8. The van der Waals surface area contributed by atoms with Crippen LogP contribution in [-0.2, 0) is 17.6 Å². The summed E-state index contributed by atoms with van der Waals surface area (Å²) in [6.07, 6.45) is 4.07. The third kappa shape index (κ3) is 4.22. The van der Waals surface area contributed by atoms with Crippen molar-refractivity contribution >= 4 is 5.91 Å². The third-order valence-corrected chi connectivity index (χ3v) is 4.96. The Balaban J connectivity index is 1.64. The van der Waals surface area contributed by atoms with Crippen LogP contribution in [-0.4, -0.2) is 12.0 Å². The number of amides is 1. The molecule has 0 spiro atoms. The van der Waals surface area contributed by atoms with Crippen LogP contribution in [0.5, 0.6) is 5.75 Å². The molecule has 3 nitrogen and oxygen atoms in total. The lowest BCUT2D eigenvalue weighted by Gasteiger charge is -2.23. The van der Waals surface area contributed by atoms with Gasteiger partial charge in [-0.05, 0) is 69.2 Å². The van der Waals surface area contributed by atoms with Gasteiger partial charge >= 0.3 is 0 Å². The van der Waals surface area contributed by atoms with Gasteiger partial charge in [0, 0.05) is 0 Å². The van der Waals surface area contributed by atoms with Crippen LogP contribution >= 0.6 is 0 Å². The first-order chi connectivity index (χ1) is 12.0. The molecule has 2 unspecified atom stereocenters. The Hall–Kier alpha value is -2.29. The van der Waals surface area contributed by atoms with Crippen LogP contribution in [0.4, 0.5) is 0 Å². The molecule has 0 radical (unpaired) electrons. The highest BCUT2D eigenvalue weighted by Gasteiger charge is 2.20. The van der Waals surface area contributed by atoms with E-state index in [1.165, 1.54) is 29.5 Å². The summed E-state index contributed by atoms with van der Waals surface area (Å²) in [5, 5.41) is 3.05. The molecule has 25 heavy (non-hydrogen) atoms. The molecular weight excluding hydrogens is 310 g/mol. The zero-order valence-electron chi connectivity index (χ0n) is 15.3. The molecule has 1 aliphatic carbocycles. The van der Waals surface area contributed by atoms with E-state index in [9.17, 15) is 4.79 Å². The van der Waals surface area contributed by atoms with E-state index in [-0.39, 0.29) is 11.9 Å². The Morgan fingerprint density at radius 3 is 2.52 bits per heavy atom. The second-order valence-corrected chi connectivity index (χ2v) is 7.00. The Labute approximate surface area is 150 Å². The molecule has 3 heteroatoms. The average Bonchev–Trinajstić information content (AvgIpc) is 2.62. The molecule has 2 atom stereocenters. The van der Waals surface area contributed by atoms with Crippen molar-refractivity contribution in [2.75, 3.05) is 0 Å². The predicted octanol–water partition coefficient (Wildman–Crippen LogP) is 4.52. The maximum absolute atomic E-state index is 12.5. The molecule has 3 rings (SSSR count). The number of ether oxygens (including phenoxy) is 1. The van der Waals surface area contributed by atoms with Crippen LogP contribution in [0.1, 0.15) is 55.0 Å². The van der Waals surface area contributed by atoms with E-state index in [2.05, 4.69) is 42.6 Å². The van der Waals surface area contributed by atoms with E-state index in [0.29, 0.717) is 0 Å². The van der Waals surface area contributed by atoms with Crippen molar-refractivity contribution in [1.82, 2.24) is 5.32 Å². The van der Waals surface area contributed by atoms with Crippen molar-refractivity contribution in [2.45, 2.75) is 58.6 Å². The average molecular weight is 337 g/mol. The smallest absolute Gasteiger partial charge is 0.261 e. The van der Waals surface area contributed by atoms with Crippen LogP contribution in [0.2, 0.25) is 0 Å². The van der Waals surface area contributed by atoms with Gasteiger partial charge in [-0.2, -0.15) is 0 Å².